The summed E-state index contributed by atoms with van der Waals surface area (Å²) >= 11 is 0. The van der Waals surface area contributed by atoms with E-state index in [1.54, 1.807) is 28.8 Å². The maximum absolute atomic E-state index is 13.0. The summed E-state index contributed by atoms with van der Waals surface area (Å²) in [5.41, 5.74) is 0.621. The number of nitrogens with zero attached hydrogens (tertiary/aromatic N) is 2. The molecule has 0 saturated carbocycles. The summed E-state index contributed by atoms with van der Waals surface area (Å²) in [6, 6.07) is 4.16. The van der Waals surface area contributed by atoms with Crippen LogP contribution >= 0.6 is 0 Å². The Hall–Kier alpha value is -1.44. The zero-order valence-corrected chi connectivity index (χ0v) is 13.8. The van der Waals surface area contributed by atoms with Gasteiger partial charge < -0.3 is 10.3 Å². The van der Waals surface area contributed by atoms with Crippen molar-refractivity contribution in [2.75, 3.05) is 19.6 Å². The average molecular weight is 334 g/mol. The first-order chi connectivity index (χ1) is 11.2. The van der Waals surface area contributed by atoms with Gasteiger partial charge in [-0.1, -0.05) is 0 Å². The third-order valence-electron chi connectivity index (χ3n) is 5.20. The zero-order chi connectivity index (χ0) is 15.9. The summed E-state index contributed by atoms with van der Waals surface area (Å²) in [6.07, 6.45) is 7.58. The van der Waals surface area contributed by atoms with Gasteiger partial charge in [-0.3, -0.25) is 0 Å². The Kier molecular flexibility index (Phi) is 3.87. The quantitative estimate of drug-likeness (QED) is 0.896. The molecule has 0 aliphatic carbocycles. The van der Waals surface area contributed by atoms with Crippen molar-refractivity contribution < 1.29 is 8.42 Å². The molecule has 0 spiro atoms. The smallest absolute Gasteiger partial charge is 0.245 e. The second-order valence-electron chi connectivity index (χ2n) is 6.50. The number of nitrogens with one attached hydrogen (secondary N) is 2. The molecule has 0 amide bonds. The van der Waals surface area contributed by atoms with Gasteiger partial charge in [-0.25, -0.2) is 13.4 Å². The minimum absolute atomic E-state index is 0.345. The normalized spacial score (nSPS) is 24.4. The minimum atomic E-state index is -3.45. The van der Waals surface area contributed by atoms with E-state index in [1.807, 2.05) is 0 Å². The van der Waals surface area contributed by atoms with E-state index in [4.69, 9.17) is 0 Å². The lowest BCUT2D eigenvalue weighted by Gasteiger charge is -2.34. The van der Waals surface area contributed by atoms with Crippen LogP contribution in [-0.2, 0) is 10.0 Å². The number of hydrogen-bond donors (Lipinski definition) is 2. The first-order valence-electron chi connectivity index (χ1n) is 8.32. The van der Waals surface area contributed by atoms with E-state index < -0.39 is 10.0 Å². The van der Waals surface area contributed by atoms with Crippen LogP contribution in [-0.4, -0.2) is 48.4 Å². The van der Waals surface area contributed by atoms with Crippen LogP contribution in [0.15, 0.2) is 29.4 Å². The lowest BCUT2D eigenvalue weighted by Crippen LogP contribution is -2.43. The van der Waals surface area contributed by atoms with Crippen LogP contribution in [0.1, 0.15) is 25.7 Å². The van der Waals surface area contributed by atoms with Crippen molar-refractivity contribution in [2.24, 2.45) is 5.92 Å². The maximum Gasteiger partial charge on any atom is 0.245 e. The second kappa shape index (κ2) is 5.89. The van der Waals surface area contributed by atoms with Crippen LogP contribution in [0, 0.1) is 5.92 Å². The van der Waals surface area contributed by atoms with Gasteiger partial charge in [-0.2, -0.15) is 4.31 Å². The van der Waals surface area contributed by atoms with Gasteiger partial charge in [0.15, 0.2) is 0 Å². The number of piperidine rings is 1. The second-order valence-corrected chi connectivity index (χ2v) is 8.40. The molecule has 2 aromatic heterocycles. The molecule has 4 rings (SSSR count). The molecule has 23 heavy (non-hydrogen) atoms. The van der Waals surface area contributed by atoms with Crippen LogP contribution < -0.4 is 5.32 Å². The molecule has 1 atom stereocenters. The molecular formula is C16H22N4O2S. The first-order valence-corrected chi connectivity index (χ1v) is 9.76. The third kappa shape index (κ3) is 2.66. The molecule has 6 nitrogen and oxygen atoms in total. The molecule has 7 heteroatoms. The van der Waals surface area contributed by atoms with Crippen molar-refractivity contribution in [3.63, 3.8) is 0 Å². The number of pyridine rings is 1. The van der Waals surface area contributed by atoms with Crippen LogP contribution in [0.2, 0.25) is 0 Å². The predicted octanol–water partition coefficient (Wildman–Crippen LogP) is 1.72. The van der Waals surface area contributed by atoms with Crippen molar-refractivity contribution in [3.05, 3.63) is 24.5 Å². The molecule has 2 aromatic rings. The Morgan fingerprint density at radius 3 is 2.78 bits per heavy atom. The van der Waals surface area contributed by atoms with E-state index in [0.717, 1.165) is 19.4 Å². The number of hydrogen-bond acceptors (Lipinski definition) is 4. The van der Waals surface area contributed by atoms with Crippen molar-refractivity contribution in [2.45, 2.75) is 36.6 Å². The molecule has 0 radical (unpaired) electrons. The van der Waals surface area contributed by atoms with Gasteiger partial charge in [0.05, 0.1) is 0 Å². The Morgan fingerprint density at radius 2 is 2.04 bits per heavy atom. The summed E-state index contributed by atoms with van der Waals surface area (Å²) in [4.78, 5) is 7.48. The molecule has 2 N–H and O–H groups in total. The molecule has 2 aliphatic rings. The number of rotatable bonds is 3. The van der Waals surface area contributed by atoms with E-state index in [9.17, 15) is 8.42 Å². The molecule has 124 valence electrons. The highest BCUT2D eigenvalue weighted by Gasteiger charge is 2.34. The van der Waals surface area contributed by atoms with Gasteiger partial charge in [0.25, 0.3) is 0 Å². The van der Waals surface area contributed by atoms with Gasteiger partial charge in [-0.15, -0.1) is 0 Å². The highest BCUT2D eigenvalue weighted by molar-refractivity contribution is 7.89. The fourth-order valence-corrected chi connectivity index (χ4v) is 5.54. The van der Waals surface area contributed by atoms with Crippen LogP contribution in [0.5, 0.6) is 0 Å². The summed E-state index contributed by atoms with van der Waals surface area (Å²) in [5.74, 6) is 0.605. The lowest BCUT2D eigenvalue weighted by molar-refractivity contribution is 0.234. The summed E-state index contributed by atoms with van der Waals surface area (Å²) in [6.45, 7) is 2.32. The van der Waals surface area contributed by atoms with Gasteiger partial charge in [0.1, 0.15) is 10.5 Å². The van der Waals surface area contributed by atoms with Crippen molar-refractivity contribution in [1.82, 2.24) is 19.6 Å². The zero-order valence-electron chi connectivity index (χ0n) is 13.0. The highest BCUT2D eigenvalue weighted by atomic mass is 32.2. The Morgan fingerprint density at radius 1 is 1.22 bits per heavy atom. The fourth-order valence-electron chi connectivity index (χ4n) is 3.92. The Labute approximate surface area is 136 Å². The van der Waals surface area contributed by atoms with E-state index in [1.165, 1.54) is 12.8 Å². The number of fused-ring (bicyclic) bond motifs is 1. The summed E-state index contributed by atoms with van der Waals surface area (Å²) in [7, 11) is -3.45. The lowest BCUT2D eigenvalue weighted by atomic mass is 9.89. The number of aromatic nitrogens is 2. The fraction of sp³-hybridized carbons (Fsp3) is 0.562. The van der Waals surface area contributed by atoms with Gasteiger partial charge in [0, 0.05) is 36.9 Å². The molecule has 4 heterocycles. The third-order valence-corrected chi connectivity index (χ3v) is 7.14. The maximum atomic E-state index is 13.0. The molecule has 2 fully saturated rings. The van der Waals surface area contributed by atoms with E-state index in [0.29, 0.717) is 41.0 Å². The topological polar surface area (TPSA) is 78.1 Å². The molecule has 1 unspecified atom stereocenters. The molecular weight excluding hydrogens is 312 g/mol. The average Bonchev–Trinajstić information content (AvgIpc) is 3.25. The molecule has 0 aromatic carbocycles. The number of H-pyrrole nitrogens is 1. The standard InChI is InChI=1S/C16H22N4O2S/c21-23(22,15-11-19-16-13(15)3-1-8-18-16)20-9-5-12(6-10-20)14-4-2-7-17-14/h1,3,8,11-12,14,17H,2,4-7,9-10H2,(H,18,19). The van der Waals surface area contributed by atoms with Crippen LogP contribution in [0.4, 0.5) is 0 Å². The Balaban J connectivity index is 1.53. The van der Waals surface area contributed by atoms with Crippen molar-refractivity contribution in [3.8, 4) is 0 Å². The largest absolute Gasteiger partial charge is 0.345 e. The summed E-state index contributed by atoms with van der Waals surface area (Å²) in [5, 5.41) is 4.22. The monoisotopic (exact) mass is 334 g/mol. The van der Waals surface area contributed by atoms with Gasteiger partial charge >= 0.3 is 0 Å². The Bertz CT molecular complexity index is 787. The van der Waals surface area contributed by atoms with Gasteiger partial charge in [-0.05, 0) is 50.3 Å². The SMILES string of the molecule is O=S(=O)(c1c[nH]c2ncccc12)N1CCC(C2CCCN2)CC1. The number of sulfonamides is 1. The van der Waals surface area contributed by atoms with E-state index in [2.05, 4.69) is 15.3 Å². The van der Waals surface area contributed by atoms with Gasteiger partial charge in [0.2, 0.25) is 10.0 Å². The van der Waals surface area contributed by atoms with E-state index >= 15 is 0 Å². The van der Waals surface area contributed by atoms with E-state index in [-0.39, 0.29) is 0 Å². The molecule has 2 aliphatic heterocycles. The molecule has 2 saturated heterocycles. The van der Waals surface area contributed by atoms with Crippen molar-refractivity contribution in [1.29, 1.82) is 0 Å². The number of aromatic amines is 1. The van der Waals surface area contributed by atoms with Crippen LogP contribution in [0.25, 0.3) is 11.0 Å². The highest BCUT2D eigenvalue weighted by Crippen LogP contribution is 2.30. The predicted molar refractivity (Wildman–Crippen MR) is 88.6 cm³/mol. The summed E-state index contributed by atoms with van der Waals surface area (Å²) < 4.78 is 27.5. The van der Waals surface area contributed by atoms with Crippen molar-refractivity contribution >= 4 is 21.1 Å². The molecule has 0 bridgehead atoms. The van der Waals surface area contributed by atoms with Crippen LogP contribution in [0.3, 0.4) is 0 Å². The first kappa shape index (κ1) is 15.1. The minimum Gasteiger partial charge on any atom is -0.345 e.